The summed E-state index contributed by atoms with van der Waals surface area (Å²) < 4.78 is 69.6. The first-order valence-corrected chi connectivity index (χ1v) is 13.8. The fourth-order valence-electron chi connectivity index (χ4n) is 4.56. The van der Waals surface area contributed by atoms with Crippen molar-refractivity contribution in [2.45, 2.75) is 36.9 Å². The van der Waals surface area contributed by atoms with Crippen LogP contribution in [0.2, 0.25) is 0 Å². The number of imide groups is 2. The molecule has 1 aromatic rings. The number of benzene rings is 1. The van der Waals surface area contributed by atoms with Gasteiger partial charge < -0.3 is 20.5 Å². The monoisotopic (exact) mass is 663 g/mol. The fraction of sp³-hybridized carbons (Fsp3) is 0.400. The topological polar surface area (TPSA) is 183 Å². The van der Waals surface area contributed by atoms with Gasteiger partial charge in [-0.1, -0.05) is 18.2 Å². The molecule has 0 radical (unpaired) electrons. The first-order chi connectivity index (χ1) is 21.0. The number of carboxylic acid groups (broad SMARTS) is 1. The van der Waals surface area contributed by atoms with E-state index in [4.69, 9.17) is 4.74 Å². The molecule has 0 aliphatic carbocycles. The smallest absolute Gasteiger partial charge is 0.463 e. The number of esters is 1. The number of carboxylic acids is 1. The molecule has 1 aromatic carbocycles. The summed E-state index contributed by atoms with van der Waals surface area (Å²) in [6.45, 7) is -0.812. The highest BCUT2D eigenvalue weighted by Gasteiger charge is 2.66. The third-order valence-corrected chi connectivity index (χ3v) is 8.09. The highest BCUT2D eigenvalue weighted by Crippen LogP contribution is 2.41. The number of hydrogen-bond acceptors (Lipinski definition) is 9. The van der Waals surface area contributed by atoms with Crippen LogP contribution in [-0.2, 0) is 35.1 Å². The van der Waals surface area contributed by atoms with Crippen LogP contribution in [0.4, 0.5) is 37.2 Å². The lowest BCUT2D eigenvalue weighted by Gasteiger charge is -2.49. The molecule has 1 unspecified atom stereocenters. The lowest BCUT2D eigenvalue weighted by atomic mass is 10.0. The van der Waals surface area contributed by atoms with Crippen LogP contribution in [0.5, 0.6) is 0 Å². The van der Waals surface area contributed by atoms with Gasteiger partial charge in [0.05, 0.1) is 13.0 Å². The summed E-state index contributed by atoms with van der Waals surface area (Å²) in [7, 11) is 0. The van der Waals surface area contributed by atoms with Crippen molar-refractivity contribution in [1.82, 2.24) is 20.0 Å². The van der Waals surface area contributed by atoms with Crippen molar-refractivity contribution >= 4 is 59.2 Å². The quantitative estimate of drug-likeness (QED) is 0.210. The third-order valence-electron chi connectivity index (χ3n) is 6.75. The van der Waals surface area contributed by atoms with E-state index in [2.05, 4.69) is 10.6 Å². The standard InChI is InChI=1S/C25H22F5N5O9S/c1-11(36)44-9-13-10-45-19-16(18(38)35(19)17(13)20(39)40)32-15(37)8-12-4-2-3-5-14(12)31-22(42)34-7-6-33(23(34)43)21(41)24(26,27)25(28,29)30/h2-5,16,19H,6-10H2,1H3,(H,31,42)(H,32,37)(H,39,40)/t16?,19-/m1/s1. The summed E-state index contributed by atoms with van der Waals surface area (Å²) in [5, 5.41) is 13.6. The number of nitrogens with zero attached hydrogens (tertiary/aromatic N) is 3. The van der Waals surface area contributed by atoms with Crippen molar-refractivity contribution in [2.24, 2.45) is 0 Å². The Hall–Kier alpha value is -4.75. The molecule has 0 spiro atoms. The second-order valence-electron chi connectivity index (χ2n) is 9.72. The highest BCUT2D eigenvalue weighted by atomic mass is 32.2. The number of amides is 7. The van der Waals surface area contributed by atoms with Gasteiger partial charge in [-0.2, -0.15) is 22.0 Å². The van der Waals surface area contributed by atoms with Gasteiger partial charge in [0.1, 0.15) is 23.7 Å². The summed E-state index contributed by atoms with van der Waals surface area (Å²) in [5.74, 6) is -12.1. The van der Waals surface area contributed by atoms with E-state index in [0.29, 0.717) is 0 Å². The van der Waals surface area contributed by atoms with E-state index in [1.165, 1.54) is 24.3 Å². The van der Waals surface area contributed by atoms with Crippen LogP contribution in [0.1, 0.15) is 12.5 Å². The number of nitrogens with one attached hydrogen (secondary N) is 2. The molecule has 4 rings (SSSR count). The maximum Gasteiger partial charge on any atom is 0.463 e. The number of fused-ring (bicyclic) bond motifs is 1. The molecule has 7 amide bonds. The van der Waals surface area contributed by atoms with E-state index in [-0.39, 0.29) is 39.8 Å². The predicted molar refractivity (Wildman–Crippen MR) is 140 cm³/mol. The molecule has 20 heteroatoms. The number of carbonyl (C=O) groups is 7. The van der Waals surface area contributed by atoms with Crippen molar-refractivity contribution in [1.29, 1.82) is 0 Å². The average Bonchev–Trinajstić information content (AvgIpc) is 3.34. The number of halogens is 5. The fourth-order valence-corrected chi connectivity index (χ4v) is 5.89. The lowest BCUT2D eigenvalue weighted by Crippen LogP contribution is -2.70. The van der Waals surface area contributed by atoms with Gasteiger partial charge in [-0.05, 0) is 11.6 Å². The molecule has 0 bridgehead atoms. The number of hydrogen-bond donors (Lipinski definition) is 3. The van der Waals surface area contributed by atoms with Crippen LogP contribution in [0.3, 0.4) is 0 Å². The van der Waals surface area contributed by atoms with Crippen LogP contribution >= 0.6 is 11.8 Å². The molecule has 0 aromatic heterocycles. The van der Waals surface area contributed by atoms with E-state index in [1.807, 2.05) is 0 Å². The number of rotatable bonds is 8. The molecule has 242 valence electrons. The van der Waals surface area contributed by atoms with Crippen molar-refractivity contribution < 1.29 is 65.4 Å². The first-order valence-electron chi connectivity index (χ1n) is 12.7. The Kier molecular flexibility index (Phi) is 9.08. The number of β-lactam (4-membered cyclic amide) rings is 1. The van der Waals surface area contributed by atoms with Crippen LogP contribution in [0.15, 0.2) is 35.5 Å². The van der Waals surface area contributed by atoms with Crippen molar-refractivity contribution in [3.8, 4) is 0 Å². The van der Waals surface area contributed by atoms with Crippen LogP contribution in [0.25, 0.3) is 0 Å². The van der Waals surface area contributed by atoms with Crippen molar-refractivity contribution in [3.63, 3.8) is 0 Å². The van der Waals surface area contributed by atoms with Crippen molar-refractivity contribution in [2.75, 3.05) is 30.8 Å². The van der Waals surface area contributed by atoms with Crippen LogP contribution in [-0.4, -0.2) is 110 Å². The van der Waals surface area contributed by atoms with Gasteiger partial charge >= 0.3 is 42.0 Å². The maximum absolute atomic E-state index is 13.5. The molecule has 3 heterocycles. The normalized spacial score (nSPS) is 20.0. The predicted octanol–water partition coefficient (Wildman–Crippen LogP) is 1.52. The van der Waals surface area contributed by atoms with Gasteiger partial charge in [-0.3, -0.25) is 29.0 Å². The first kappa shape index (κ1) is 33.1. The Bertz CT molecular complexity index is 1520. The Labute approximate surface area is 253 Å². The number of aliphatic carboxylic acids is 1. The molecule has 3 N–H and O–H groups in total. The second-order valence-corrected chi connectivity index (χ2v) is 10.8. The number of alkyl halides is 5. The Morgan fingerprint density at radius 3 is 2.31 bits per heavy atom. The molecule has 14 nitrogen and oxygen atoms in total. The van der Waals surface area contributed by atoms with Gasteiger partial charge in [0.15, 0.2) is 0 Å². The number of urea groups is 2. The number of ether oxygens (including phenoxy) is 1. The summed E-state index contributed by atoms with van der Waals surface area (Å²) in [6.07, 6.45) is -6.71. The SMILES string of the molecule is CC(=O)OCC1=C(C(=O)O)N2C(=O)C(NC(=O)Cc3ccccc3NC(=O)N3CCN(C(=O)C(F)(F)C(F)(F)F)C3=O)[C@H]2SC1. The Morgan fingerprint density at radius 2 is 1.69 bits per heavy atom. The minimum atomic E-state index is -6.26. The average molecular weight is 664 g/mol. The van der Waals surface area contributed by atoms with Crippen LogP contribution in [0, 0.1) is 0 Å². The minimum Gasteiger partial charge on any atom is -0.477 e. The molecule has 3 aliphatic rings. The summed E-state index contributed by atoms with van der Waals surface area (Å²) in [5.41, 5.74) is -0.0842. The van der Waals surface area contributed by atoms with E-state index >= 15 is 0 Å². The van der Waals surface area contributed by atoms with Gasteiger partial charge in [0, 0.05) is 30.5 Å². The largest absolute Gasteiger partial charge is 0.477 e. The van der Waals surface area contributed by atoms with E-state index in [1.54, 1.807) is 0 Å². The Morgan fingerprint density at radius 1 is 1.04 bits per heavy atom. The number of para-hydroxylation sites is 1. The van der Waals surface area contributed by atoms with E-state index < -0.39 is 89.6 Å². The van der Waals surface area contributed by atoms with Crippen LogP contribution < -0.4 is 10.6 Å². The van der Waals surface area contributed by atoms with Gasteiger partial charge in [-0.25, -0.2) is 19.3 Å². The van der Waals surface area contributed by atoms with Gasteiger partial charge in [0.2, 0.25) is 5.91 Å². The molecular formula is C25H22F5N5O9S. The molecule has 3 aliphatic heterocycles. The lowest BCUT2D eigenvalue weighted by molar-refractivity contribution is -0.272. The summed E-state index contributed by atoms with van der Waals surface area (Å²) in [4.78, 5) is 86.3. The zero-order valence-electron chi connectivity index (χ0n) is 22.9. The number of thioether (sulfide) groups is 1. The van der Waals surface area contributed by atoms with Crippen molar-refractivity contribution in [3.05, 3.63) is 41.1 Å². The molecule has 0 saturated carbocycles. The molecule has 2 fully saturated rings. The van der Waals surface area contributed by atoms with Gasteiger partial charge in [-0.15, -0.1) is 11.8 Å². The third kappa shape index (κ3) is 6.40. The van der Waals surface area contributed by atoms with E-state index in [0.717, 1.165) is 23.6 Å². The molecule has 45 heavy (non-hydrogen) atoms. The number of anilines is 1. The highest BCUT2D eigenvalue weighted by molar-refractivity contribution is 8.00. The zero-order valence-corrected chi connectivity index (χ0v) is 23.7. The summed E-state index contributed by atoms with van der Waals surface area (Å²) in [6, 6.07) is 1.47. The molecule has 2 atom stereocenters. The molecular weight excluding hydrogens is 641 g/mol. The zero-order chi connectivity index (χ0) is 33.4. The minimum absolute atomic E-state index is 0.0596. The maximum atomic E-state index is 13.5. The Balaban J connectivity index is 1.39. The second kappa shape index (κ2) is 12.3. The van der Waals surface area contributed by atoms with E-state index in [9.17, 15) is 60.6 Å². The summed E-state index contributed by atoms with van der Waals surface area (Å²) >= 11 is 1.13. The molecule has 2 saturated heterocycles. The number of carbonyl (C=O) groups excluding carboxylic acids is 6. The van der Waals surface area contributed by atoms with Gasteiger partial charge in [0.25, 0.3) is 5.91 Å².